The van der Waals surface area contributed by atoms with E-state index in [1.807, 2.05) is 0 Å². The number of benzene rings is 3. The van der Waals surface area contributed by atoms with Crippen molar-refractivity contribution in [1.82, 2.24) is 0 Å². The Morgan fingerprint density at radius 3 is 2.38 bits per heavy atom. The van der Waals surface area contributed by atoms with Gasteiger partial charge in [0.15, 0.2) is 0 Å². The number of nitrogens with one attached hydrogen (secondary N) is 2. The fourth-order valence-corrected chi connectivity index (χ4v) is 4.12. The monoisotopic (exact) mass is 562 g/mol. The molecule has 0 atom stereocenters. The van der Waals surface area contributed by atoms with Crippen molar-refractivity contribution in [3.05, 3.63) is 81.4 Å². The van der Waals surface area contributed by atoms with Gasteiger partial charge in [-0.05, 0) is 42.5 Å². The van der Waals surface area contributed by atoms with Crippen molar-refractivity contribution in [3.63, 3.8) is 0 Å². The molecule has 0 fully saturated rings. The van der Waals surface area contributed by atoms with Crippen LogP contribution in [0.15, 0.2) is 70.7 Å². The Morgan fingerprint density at radius 2 is 1.73 bits per heavy atom. The maximum Gasteiger partial charge on any atom is 0.387 e. The second kappa shape index (κ2) is 11.7. The van der Waals surface area contributed by atoms with E-state index in [9.17, 15) is 36.1 Å². The van der Waals surface area contributed by atoms with Crippen LogP contribution in [0.3, 0.4) is 0 Å². The first-order chi connectivity index (χ1) is 17.4. The van der Waals surface area contributed by atoms with Crippen LogP contribution in [0.1, 0.15) is 5.56 Å². The summed E-state index contributed by atoms with van der Waals surface area (Å²) in [7, 11) is -4.23. The van der Waals surface area contributed by atoms with E-state index >= 15 is 0 Å². The molecule has 16 heteroatoms. The van der Waals surface area contributed by atoms with Gasteiger partial charge in [-0.25, -0.2) is 8.42 Å². The number of hydrogen-bond donors (Lipinski definition) is 2. The Morgan fingerprint density at radius 1 is 1.00 bits per heavy atom. The second-order valence-electron chi connectivity index (χ2n) is 6.88. The van der Waals surface area contributed by atoms with Gasteiger partial charge in [0, 0.05) is 22.7 Å². The van der Waals surface area contributed by atoms with Crippen molar-refractivity contribution < 1.29 is 40.4 Å². The maximum absolute atomic E-state index is 12.7. The first-order valence-electron chi connectivity index (χ1n) is 9.84. The number of hydrazone groups is 1. The van der Waals surface area contributed by atoms with E-state index in [1.54, 1.807) is 0 Å². The van der Waals surface area contributed by atoms with Gasteiger partial charge in [0.1, 0.15) is 17.2 Å². The smallest absolute Gasteiger partial charge is 0.387 e. The minimum Gasteiger partial charge on any atom is -0.435 e. The average molecular weight is 563 g/mol. The fraction of sp³-hybridized carbons (Fsp3) is 0.0952. The van der Waals surface area contributed by atoms with Gasteiger partial charge in [-0.1, -0.05) is 17.7 Å². The quantitative estimate of drug-likeness (QED) is 0.133. The first-order valence-corrected chi connectivity index (χ1v) is 11.7. The molecule has 0 aliphatic rings. The van der Waals surface area contributed by atoms with E-state index in [1.165, 1.54) is 24.3 Å². The summed E-state index contributed by atoms with van der Waals surface area (Å²) >= 11 is 5.84. The minimum atomic E-state index is -4.23. The van der Waals surface area contributed by atoms with Gasteiger partial charge < -0.3 is 9.47 Å². The number of halogens is 5. The molecule has 3 aromatic rings. The summed E-state index contributed by atoms with van der Waals surface area (Å²) in [4.78, 5) is 10.2. The summed E-state index contributed by atoms with van der Waals surface area (Å²) in [6.45, 7) is -6.49. The Bertz CT molecular complexity index is 1430. The predicted octanol–water partition coefficient (Wildman–Crippen LogP) is 5.70. The molecular weight excluding hydrogens is 548 g/mol. The molecule has 3 rings (SSSR count). The molecule has 0 aliphatic heterocycles. The van der Waals surface area contributed by atoms with Crippen molar-refractivity contribution in [2.24, 2.45) is 5.10 Å². The van der Waals surface area contributed by atoms with Gasteiger partial charge in [-0.15, -0.1) is 0 Å². The molecule has 0 spiro atoms. The molecule has 0 radical (unpaired) electrons. The summed E-state index contributed by atoms with van der Waals surface area (Å²) in [5, 5.41) is 15.5. The van der Waals surface area contributed by atoms with Gasteiger partial charge in [0.05, 0.1) is 21.7 Å². The highest BCUT2D eigenvalue weighted by Gasteiger charge is 2.22. The average Bonchev–Trinajstić information content (AvgIpc) is 2.79. The number of ether oxygens (including phenoxy) is 2. The lowest BCUT2D eigenvalue weighted by atomic mass is 10.2. The van der Waals surface area contributed by atoms with Crippen molar-refractivity contribution in [1.29, 1.82) is 0 Å². The highest BCUT2D eigenvalue weighted by atomic mass is 35.5. The third kappa shape index (κ3) is 7.68. The summed E-state index contributed by atoms with van der Waals surface area (Å²) in [5.41, 5.74) is 1.42. The van der Waals surface area contributed by atoms with Crippen LogP contribution in [0.2, 0.25) is 5.02 Å². The Balaban J connectivity index is 1.84. The lowest BCUT2D eigenvalue weighted by Gasteiger charge is -2.11. The predicted molar refractivity (Wildman–Crippen MR) is 126 cm³/mol. The number of nitrogens with zero attached hydrogens (tertiary/aromatic N) is 2. The van der Waals surface area contributed by atoms with E-state index in [0.29, 0.717) is 0 Å². The summed E-state index contributed by atoms with van der Waals surface area (Å²) in [5.74, 6) is -1.00. The molecule has 196 valence electrons. The van der Waals surface area contributed by atoms with Crippen molar-refractivity contribution in [3.8, 4) is 11.5 Å². The van der Waals surface area contributed by atoms with Gasteiger partial charge in [0.2, 0.25) is 0 Å². The maximum atomic E-state index is 12.7. The number of anilines is 2. The molecule has 0 bridgehead atoms. The van der Waals surface area contributed by atoms with E-state index < -0.39 is 50.3 Å². The third-order valence-corrected chi connectivity index (χ3v) is 5.98. The number of alkyl halides is 4. The highest BCUT2D eigenvalue weighted by Crippen LogP contribution is 2.30. The molecule has 0 aromatic heterocycles. The third-order valence-electron chi connectivity index (χ3n) is 4.37. The van der Waals surface area contributed by atoms with Gasteiger partial charge in [-0.3, -0.25) is 20.3 Å². The normalized spacial score (nSPS) is 11.6. The van der Waals surface area contributed by atoms with Crippen LogP contribution in [0.5, 0.6) is 11.5 Å². The van der Waals surface area contributed by atoms with Crippen LogP contribution in [-0.2, 0) is 10.0 Å². The molecule has 3 aromatic carbocycles. The van der Waals surface area contributed by atoms with E-state index in [4.69, 9.17) is 11.6 Å². The number of sulfonamides is 1. The SMILES string of the molecule is O=[N+]([O-])c1cc(S(=O)(=O)Nc2cccc(Cl)c2)ccc1NN=Cc1ccc(OC(F)F)cc1OC(F)F. The topological polar surface area (TPSA) is 132 Å². The lowest BCUT2D eigenvalue weighted by molar-refractivity contribution is -0.384. The molecule has 10 nitrogen and oxygen atoms in total. The van der Waals surface area contributed by atoms with E-state index in [-0.39, 0.29) is 22.0 Å². The molecule has 2 N–H and O–H groups in total. The Kier molecular flexibility index (Phi) is 8.73. The summed E-state index contributed by atoms with van der Waals surface area (Å²) in [6.07, 6.45) is 0.930. The molecule has 0 amide bonds. The van der Waals surface area contributed by atoms with Gasteiger partial charge in [0.25, 0.3) is 15.7 Å². The van der Waals surface area contributed by atoms with E-state index in [0.717, 1.165) is 42.6 Å². The van der Waals surface area contributed by atoms with Crippen LogP contribution < -0.4 is 19.6 Å². The zero-order valence-corrected chi connectivity index (χ0v) is 19.7. The number of rotatable bonds is 11. The van der Waals surface area contributed by atoms with Crippen molar-refractivity contribution in [2.75, 3.05) is 10.1 Å². The standard InChI is InChI=1S/C21H15ClF4N4O6S/c22-13-2-1-3-14(8-13)29-37(33,34)16-6-7-17(18(10-16)30(31)32)28-27-11-12-4-5-15(35-20(23)24)9-19(12)36-21(25)26/h1-11,20-21,28-29H. The number of nitro benzene ring substituents is 1. The molecule has 0 unspecified atom stereocenters. The lowest BCUT2D eigenvalue weighted by Crippen LogP contribution is -2.13. The van der Waals surface area contributed by atoms with Crippen LogP contribution in [0.25, 0.3) is 0 Å². The molecule has 0 saturated heterocycles. The molecule has 0 heterocycles. The van der Waals surface area contributed by atoms with Crippen molar-refractivity contribution >= 4 is 44.9 Å². The highest BCUT2D eigenvalue weighted by molar-refractivity contribution is 7.92. The Hall–Kier alpha value is -4.11. The zero-order chi connectivity index (χ0) is 27.2. The van der Waals surface area contributed by atoms with Crippen LogP contribution in [-0.4, -0.2) is 32.8 Å². The number of nitro groups is 1. The van der Waals surface area contributed by atoms with Crippen molar-refractivity contribution in [2.45, 2.75) is 18.1 Å². The molecule has 37 heavy (non-hydrogen) atoms. The van der Waals surface area contributed by atoms with Crippen LogP contribution in [0, 0.1) is 10.1 Å². The van der Waals surface area contributed by atoms with Gasteiger partial charge in [-0.2, -0.15) is 22.7 Å². The molecule has 0 saturated carbocycles. The van der Waals surface area contributed by atoms with Gasteiger partial charge >= 0.3 is 13.2 Å². The second-order valence-corrected chi connectivity index (χ2v) is 9.00. The Labute approximate surface area is 211 Å². The molecule has 0 aliphatic carbocycles. The minimum absolute atomic E-state index is 0.109. The van der Waals surface area contributed by atoms with E-state index in [2.05, 4.69) is 24.7 Å². The molecular formula is C21H15ClF4N4O6S. The van der Waals surface area contributed by atoms with Crippen LogP contribution >= 0.6 is 11.6 Å². The fourth-order valence-electron chi connectivity index (χ4n) is 2.86. The summed E-state index contributed by atoms with van der Waals surface area (Å²) < 4.78 is 86.2. The summed E-state index contributed by atoms with van der Waals surface area (Å²) in [6, 6.07) is 11.6. The number of hydrogen-bond acceptors (Lipinski definition) is 8. The van der Waals surface area contributed by atoms with Crippen LogP contribution in [0.4, 0.5) is 34.6 Å². The largest absolute Gasteiger partial charge is 0.435 e. The first kappa shape index (κ1) is 27.5. The zero-order valence-electron chi connectivity index (χ0n) is 18.1.